The number of halogens is 5. The lowest BCUT2D eigenvalue weighted by Crippen LogP contribution is -2.26. The molecule has 0 saturated heterocycles. The fourth-order valence-electron chi connectivity index (χ4n) is 17.8. The number of ether oxygens (including phenoxy) is 1. The van der Waals surface area contributed by atoms with Gasteiger partial charge in [0.15, 0.2) is 0 Å². The van der Waals surface area contributed by atoms with Gasteiger partial charge in [-0.3, -0.25) is 57.4 Å². The summed E-state index contributed by atoms with van der Waals surface area (Å²) in [6, 6.07) is 86.7. The first-order valence-corrected chi connectivity index (χ1v) is 47.9. The van der Waals surface area contributed by atoms with Crippen LogP contribution in [0.15, 0.2) is 348 Å². The molecular weight excluding hydrogens is 1920 g/mol. The third kappa shape index (κ3) is 22.3. The molecule has 4 N–H and O–H groups in total. The molecule has 0 bridgehead atoms. The van der Waals surface area contributed by atoms with Crippen molar-refractivity contribution in [1.82, 2.24) is 68.1 Å². The maximum atomic E-state index is 14.3. The minimum absolute atomic E-state index is 0.00152. The molecular formula is C118H93ClF4N22O5. The molecule has 32 heteroatoms. The highest BCUT2D eigenvalue weighted by Crippen LogP contribution is 2.41. The van der Waals surface area contributed by atoms with E-state index in [0.717, 1.165) is 73.4 Å². The van der Waals surface area contributed by atoms with E-state index in [-0.39, 0.29) is 63.2 Å². The Morgan fingerprint density at radius 3 is 1.02 bits per heavy atom. The van der Waals surface area contributed by atoms with Crippen LogP contribution in [0.4, 0.5) is 52.2 Å². The van der Waals surface area contributed by atoms with Crippen LogP contribution in [0.3, 0.4) is 0 Å². The van der Waals surface area contributed by atoms with Crippen molar-refractivity contribution in [3.05, 3.63) is 466 Å². The van der Waals surface area contributed by atoms with Crippen molar-refractivity contribution in [3.63, 3.8) is 0 Å². The zero-order chi connectivity index (χ0) is 106. The minimum Gasteiger partial charge on any atom is -0.489 e. The number of fused-ring (bicyclic) bond motifs is 4. The molecule has 27 nitrogen and oxygen atoms in total. The largest absolute Gasteiger partial charge is 0.489 e. The fourth-order valence-corrected chi connectivity index (χ4v) is 17.9. The highest BCUT2D eigenvalue weighted by atomic mass is 35.5. The van der Waals surface area contributed by atoms with Gasteiger partial charge >= 0.3 is 6.18 Å². The van der Waals surface area contributed by atoms with Crippen LogP contribution in [0.5, 0.6) is 5.75 Å². The monoisotopic (exact) mass is 2010 g/mol. The molecule has 0 amide bonds. The number of nitrogens with one attached hydrogen (secondary N) is 4. The van der Waals surface area contributed by atoms with Crippen LogP contribution in [-0.4, -0.2) is 74.2 Å². The number of aryl methyl sites for hydroxylation is 4. The smallest absolute Gasteiger partial charge is 0.417 e. The molecule has 0 radical (unpaired) electrons. The van der Waals surface area contributed by atoms with Gasteiger partial charge in [-0.2, -0.15) is 23.7 Å². The predicted octanol–water partition coefficient (Wildman–Crippen LogP) is 26.0. The van der Waals surface area contributed by atoms with Gasteiger partial charge in [0.05, 0.1) is 89.1 Å². The van der Waals surface area contributed by atoms with Crippen LogP contribution in [0, 0.1) is 69.3 Å². The summed E-state index contributed by atoms with van der Waals surface area (Å²) in [6.07, 6.45) is 6.84. The lowest BCUT2D eigenvalue weighted by molar-refractivity contribution is -0.137. The second kappa shape index (κ2) is 44.9. The van der Waals surface area contributed by atoms with Gasteiger partial charge in [-0.25, -0.2) is 44.0 Å². The Hall–Kier alpha value is -19.4. The number of aromatic nitrogens is 14. The van der Waals surface area contributed by atoms with E-state index in [0.29, 0.717) is 135 Å². The van der Waals surface area contributed by atoms with E-state index >= 15 is 0 Å². The Balaban J connectivity index is 0.000000136. The van der Waals surface area contributed by atoms with Crippen LogP contribution in [-0.2, 0) is 6.18 Å². The van der Waals surface area contributed by atoms with Crippen molar-refractivity contribution in [2.24, 2.45) is 0 Å². The molecule has 0 fully saturated rings. The Kier molecular flexibility index (Phi) is 30.5. The van der Waals surface area contributed by atoms with E-state index in [2.05, 4.69) is 92.9 Å². The summed E-state index contributed by atoms with van der Waals surface area (Å²) >= 11 is 6.11. The molecule has 0 aliphatic heterocycles. The molecule has 0 aliphatic rings. The molecule has 10 heterocycles. The molecule has 10 aromatic carbocycles. The standard InChI is InChI=1S/C31H28N6O2.C29H22ClN5O.C29H21F3N6O.C29H22FN5O/c1-19(2)39-26-13-23(16-33-18-26)27-12-8-9-22-14-28(20(3)35-30-24(15-32)17-34-21(4)36-30)37(31(38)29(22)27)25-10-6-5-7-11-25;1-18(33-28-25(31-3)17-32-19(2)34-28)26-16-21-8-7-11-24(20-12-14-22(30)15-13-20)27(21)29(36)35(26)23-9-5-4-6-10-23;1-17(36-27-21(13-33)15-35-18(2)37-27)25-12-19-7-6-10-24(20-11-22(16-34-14-20)29(30,31)32)26(19)28(39)38(25)23-8-4-3-5-9-23;1-18(33-28-25(31-3)17-32-19(2)34-28)26-16-21-10-8-14-24(20-9-7-11-22(30)15-20)27(21)29(36)35(26)23-12-5-4-6-13-23/h5-14,16-20H,1-4H3,(H,34,35,36);4-18H,1-2H3,(H,32,33,34);3-12,14-17H,1-2H3,(H,35,36,37);4-18H,1-2H3,(H,32,33,34)/t20-;18-;17-;18-/m0000/s1. The second-order valence-electron chi connectivity index (χ2n) is 35.4. The van der Waals surface area contributed by atoms with Gasteiger partial charge in [-0.05, 0) is 233 Å². The summed E-state index contributed by atoms with van der Waals surface area (Å²) in [6.45, 7) is 33.5. The topological polar surface area (TPSA) is 331 Å². The third-order valence-corrected chi connectivity index (χ3v) is 24.9. The lowest BCUT2D eigenvalue weighted by atomic mass is 9.97. The Labute approximate surface area is 863 Å². The molecule has 0 unspecified atom stereocenters. The third-order valence-electron chi connectivity index (χ3n) is 24.7. The first-order chi connectivity index (χ1) is 72.4. The fraction of sp³-hybridized carbons (Fsp3) is 0.136. The number of pyridine rings is 6. The van der Waals surface area contributed by atoms with Gasteiger partial charge in [-0.1, -0.05) is 181 Å². The van der Waals surface area contributed by atoms with Crippen LogP contribution < -0.4 is 48.2 Å². The number of benzene rings is 10. The quantitative estimate of drug-likeness (QED) is 0.0362. The maximum absolute atomic E-state index is 14.3. The molecule has 0 spiro atoms. The van der Waals surface area contributed by atoms with Crippen molar-refractivity contribution in [1.29, 1.82) is 10.5 Å². The first-order valence-electron chi connectivity index (χ1n) is 47.5. The van der Waals surface area contributed by atoms with Gasteiger partial charge in [-0.15, -0.1) is 0 Å². The van der Waals surface area contributed by atoms with Crippen molar-refractivity contribution < 1.29 is 22.3 Å². The summed E-state index contributed by atoms with van der Waals surface area (Å²) in [5, 5.41) is 37.8. The normalized spacial score (nSPS) is 11.9. The number of hydrogen-bond acceptors (Lipinski definition) is 21. The van der Waals surface area contributed by atoms with Crippen molar-refractivity contribution in [2.45, 2.75) is 106 Å². The Morgan fingerprint density at radius 1 is 0.360 bits per heavy atom. The van der Waals surface area contributed by atoms with E-state index in [1.165, 1.54) is 47.7 Å². The van der Waals surface area contributed by atoms with Gasteiger partial charge in [0.2, 0.25) is 11.4 Å². The molecule has 0 aliphatic carbocycles. The van der Waals surface area contributed by atoms with E-state index in [4.69, 9.17) is 29.5 Å². The van der Waals surface area contributed by atoms with Gasteiger partial charge in [0.25, 0.3) is 22.2 Å². The summed E-state index contributed by atoms with van der Waals surface area (Å²) in [5.41, 5.74) is 10.0. The SMILES string of the molecule is Cc1ncc(C#N)c(N[C@@H](C)c2cc3cccc(-c4cncc(C(F)(F)F)c4)c3c(=O)n2-c2ccccc2)n1.Cc1ncc(C#N)c(N[C@@H](C)c2cc3cccc(-c4cncc(OC(C)C)c4)c3c(=O)n2-c2ccccc2)n1.[C-]#[N+]c1cnc(C)nc1N[C@@H](C)c1cc2cccc(-c3ccc(Cl)cc3)c2c(=O)n1-c1ccccc1.[C-]#[N+]c1cnc(C)nc1N[C@@H](C)c1cc2cccc(-c3cccc(F)c3)c2c(=O)n1-c1ccccc1. The highest BCUT2D eigenvalue weighted by Gasteiger charge is 2.33. The van der Waals surface area contributed by atoms with Crippen molar-refractivity contribution in [3.8, 4) is 85.1 Å². The number of anilines is 4. The number of hydrogen-bond donors (Lipinski definition) is 4. The van der Waals surface area contributed by atoms with Gasteiger partial charge in [0, 0.05) is 92.7 Å². The predicted molar refractivity (Wildman–Crippen MR) is 578 cm³/mol. The van der Waals surface area contributed by atoms with Gasteiger partial charge in [0.1, 0.15) is 81.4 Å². The second-order valence-corrected chi connectivity index (χ2v) is 35.8. The molecule has 150 heavy (non-hydrogen) atoms. The molecule has 20 rings (SSSR count). The zero-order valence-electron chi connectivity index (χ0n) is 82.5. The van der Waals surface area contributed by atoms with Crippen LogP contribution in [0.25, 0.3) is 120 Å². The minimum atomic E-state index is -4.58. The summed E-state index contributed by atoms with van der Waals surface area (Å²) in [4.78, 5) is 106. The number of para-hydroxylation sites is 4. The maximum Gasteiger partial charge on any atom is 0.417 e. The average Bonchev–Trinajstić information content (AvgIpc) is 0.760. The Bertz CT molecular complexity index is 8990. The summed E-state index contributed by atoms with van der Waals surface area (Å²) < 4.78 is 66.8. The summed E-state index contributed by atoms with van der Waals surface area (Å²) in [5.74, 6) is 3.99. The molecule has 740 valence electrons. The molecule has 10 aromatic heterocycles. The van der Waals surface area contributed by atoms with E-state index in [1.54, 1.807) is 108 Å². The number of rotatable bonds is 22. The van der Waals surface area contributed by atoms with E-state index < -0.39 is 23.3 Å². The van der Waals surface area contributed by atoms with Crippen LogP contribution in [0.1, 0.15) is 128 Å². The van der Waals surface area contributed by atoms with Crippen LogP contribution >= 0.6 is 11.6 Å². The van der Waals surface area contributed by atoms with Gasteiger partial charge < -0.3 is 26.0 Å². The number of nitriles is 2. The number of nitrogens with zero attached hydrogens (tertiary/aromatic N) is 18. The molecule has 20 aromatic rings. The lowest BCUT2D eigenvalue weighted by Gasteiger charge is -2.22. The zero-order valence-corrected chi connectivity index (χ0v) is 83.3. The molecule has 4 atom stereocenters. The van der Waals surface area contributed by atoms with E-state index in [1.807, 2.05) is 248 Å². The Morgan fingerprint density at radius 2 is 0.680 bits per heavy atom. The molecule has 0 saturated carbocycles. The number of alkyl halides is 3. The average molecular weight is 2010 g/mol. The highest BCUT2D eigenvalue weighted by molar-refractivity contribution is 6.30. The summed E-state index contributed by atoms with van der Waals surface area (Å²) in [7, 11) is 0. The first kappa shape index (κ1) is 102. The van der Waals surface area contributed by atoms with E-state index in [9.17, 15) is 47.3 Å². The van der Waals surface area contributed by atoms with Crippen molar-refractivity contribution >= 4 is 89.3 Å². The van der Waals surface area contributed by atoms with Crippen molar-refractivity contribution in [2.75, 3.05) is 21.3 Å². The van der Waals surface area contributed by atoms with Crippen LogP contribution in [0.2, 0.25) is 5.02 Å².